The topological polar surface area (TPSA) is 62.1 Å². The van der Waals surface area contributed by atoms with Crippen molar-refractivity contribution in [3.63, 3.8) is 0 Å². The zero-order chi connectivity index (χ0) is 13.8. The number of nitrogens with zero attached hydrogens (tertiary/aromatic N) is 2. The number of ether oxygens (including phenoxy) is 1. The fraction of sp³-hybridized carbons (Fsp3) is 0.385. The van der Waals surface area contributed by atoms with E-state index >= 15 is 0 Å². The zero-order valence-electron chi connectivity index (χ0n) is 10.6. The third kappa shape index (κ3) is 3.07. The normalized spacial score (nSPS) is 15.3. The first-order chi connectivity index (χ1) is 9.15. The monoisotopic (exact) mass is 326 g/mol. The van der Waals surface area contributed by atoms with Crippen LogP contribution in [0.5, 0.6) is 5.75 Å². The molecule has 0 unspecified atom stereocenters. The summed E-state index contributed by atoms with van der Waals surface area (Å²) in [6, 6.07) is 5.28. The molecule has 6 heteroatoms. The highest BCUT2D eigenvalue weighted by Gasteiger charge is 2.21. The summed E-state index contributed by atoms with van der Waals surface area (Å²) in [6.45, 7) is 1.17. The van der Waals surface area contributed by atoms with Gasteiger partial charge in [0.15, 0.2) is 0 Å². The molecule has 2 rings (SSSR count). The van der Waals surface area contributed by atoms with E-state index in [0.29, 0.717) is 37.2 Å². The second-order valence-electron chi connectivity index (χ2n) is 4.31. The molecule has 0 bridgehead atoms. The van der Waals surface area contributed by atoms with Crippen LogP contribution in [0.1, 0.15) is 23.2 Å². The molecule has 0 atom stereocenters. The Balaban J connectivity index is 2.10. The minimum Gasteiger partial charge on any atom is -0.496 e. The average molecular weight is 327 g/mol. The molecule has 1 N–H and O–H groups in total. The van der Waals surface area contributed by atoms with Crippen LogP contribution in [0.2, 0.25) is 0 Å². The quantitative estimate of drug-likeness (QED) is 0.671. The van der Waals surface area contributed by atoms with E-state index in [1.54, 1.807) is 30.2 Å². The summed E-state index contributed by atoms with van der Waals surface area (Å²) >= 11 is 3.37. The summed E-state index contributed by atoms with van der Waals surface area (Å²) in [7, 11) is 1.59. The summed E-state index contributed by atoms with van der Waals surface area (Å²) in [6.07, 6.45) is 1.25. The minimum absolute atomic E-state index is 0.0136. The van der Waals surface area contributed by atoms with Crippen molar-refractivity contribution in [2.75, 3.05) is 20.2 Å². The molecule has 5 nitrogen and oxygen atoms in total. The molecular formula is C13H15BrN2O3. The van der Waals surface area contributed by atoms with Gasteiger partial charge in [0, 0.05) is 31.5 Å². The van der Waals surface area contributed by atoms with Crippen LogP contribution in [-0.2, 0) is 0 Å². The molecule has 1 saturated heterocycles. The average Bonchev–Trinajstić information content (AvgIpc) is 2.46. The molecule has 0 aliphatic carbocycles. The lowest BCUT2D eigenvalue weighted by Gasteiger charge is -2.27. The van der Waals surface area contributed by atoms with E-state index in [9.17, 15) is 4.79 Å². The van der Waals surface area contributed by atoms with Gasteiger partial charge in [0.05, 0.1) is 17.3 Å². The fourth-order valence-corrected chi connectivity index (χ4v) is 2.59. The van der Waals surface area contributed by atoms with Crippen LogP contribution in [0.4, 0.5) is 0 Å². The number of hydrogen-bond acceptors (Lipinski definition) is 4. The molecule has 1 aliphatic heterocycles. The van der Waals surface area contributed by atoms with Gasteiger partial charge in [-0.2, -0.15) is 0 Å². The lowest BCUT2D eigenvalue weighted by molar-refractivity contribution is 0.0753. The highest BCUT2D eigenvalue weighted by atomic mass is 79.9. The number of likely N-dealkylation sites (tertiary alicyclic amines) is 1. The number of halogens is 1. The second-order valence-corrected chi connectivity index (χ2v) is 5.16. The maximum absolute atomic E-state index is 12.3. The highest BCUT2D eigenvalue weighted by Crippen LogP contribution is 2.26. The standard InChI is InChI=1S/C13H15BrN2O3/c1-19-12-3-2-9(8-11(12)14)13(17)16-6-4-10(15-18)5-7-16/h2-3,8,18H,4-7H2,1H3. The Morgan fingerprint density at radius 3 is 2.63 bits per heavy atom. The van der Waals surface area contributed by atoms with Gasteiger partial charge in [-0.25, -0.2) is 0 Å². The molecule has 1 aromatic rings. The van der Waals surface area contributed by atoms with Gasteiger partial charge in [-0.3, -0.25) is 4.79 Å². The van der Waals surface area contributed by atoms with Crippen molar-refractivity contribution < 1.29 is 14.7 Å². The van der Waals surface area contributed by atoms with E-state index < -0.39 is 0 Å². The lowest BCUT2D eigenvalue weighted by Crippen LogP contribution is -2.38. The van der Waals surface area contributed by atoms with Crippen molar-refractivity contribution in [1.29, 1.82) is 0 Å². The number of methoxy groups -OCH3 is 1. The van der Waals surface area contributed by atoms with Gasteiger partial charge in [-0.1, -0.05) is 5.16 Å². The third-order valence-corrected chi connectivity index (χ3v) is 3.79. The van der Waals surface area contributed by atoms with E-state index in [2.05, 4.69) is 21.1 Å². The first kappa shape index (κ1) is 13.9. The molecule has 1 fully saturated rings. The van der Waals surface area contributed by atoms with Crippen molar-refractivity contribution in [2.45, 2.75) is 12.8 Å². The van der Waals surface area contributed by atoms with Crippen LogP contribution in [0.3, 0.4) is 0 Å². The van der Waals surface area contributed by atoms with Crippen molar-refractivity contribution >= 4 is 27.5 Å². The number of carbonyl (C=O) groups is 1. The lowest BCUT2D eigenvalue weighted by atomic mass is 10.1. The van der Waals surface area contributed by atoms with Crippen LogP contribution >= 0.6 is 15.9 Å². The van der Waals surface area contributed by atoms with E-state index in [1.807, 2.05) is 0 Å². The maximum Gasteiger partial charge on any atom is 0.253 e. The van der Waals surface area contributed by atoms with Crippen molar-refractivity contribution in [1.82, 2.24) is 4.90 Å². The van der Waals surface area contributed by atoms with Crippen molar-refractivity contribution in [3.8, 4) is 5.75 Å². The summed E-state index contributed by atoms with van der Waals surface area (Å²) in [5, 5.41) is 11.9. The maximum atomic E-state index is 12.3. The van der Waals surface area contributed by atoms with Gasteiger partial charge in [-0.15, -0.1) is 0 Å². The first-order valence-electron chi connectivity index (χ1n) is 5.98. The number of hydrogen-bond donors (Lipinski definition) is 1. The molecule has 0 aromatic heterocycles. The molecule has 19 heavy (non-hydrogen) atoms. The highest BCUT2D eigenvalue weighted by molar-refractivity contribution is 9.10. The van der Waals surface area contributed by atoms with Gasteiger partial charge in [0.1, 0.15) is 5.75 Å². The van der Waals surface area contributed by atoms with E-state index in [4.69, 9.17) is 9.94 Å². The molecule has 1 aromatic carbocycles. The summed E-state index contributed by atoms with van der Waals surface area (Å²) in [4.78, 5) is 14.1. The van der Waals surface area contributed by atoms with Gasteiger partial charge in [0.2, 0.25) is 0 Å². The predicted octanol–water partition coefficient (Wildman–Crippen LogP) is 2.52. The zero-order valence-corrected chi connectivity index (χ0v) is 12.2. The summed E-state index contributed by atoms with van der Waals surface area (Å²) < 4.78 is 5.90. The molecule has 0 spiro atoms. The molecule has 1 heterocycles. The third-order valence-electron chi connectivity index (χ3n) is 3.17. The Morgan fingerprint density at radius 2 is 2.11 bits per heavy atom. The minimum atomic E-state index is -0.0136. The number of carbonyl (C=O) groups excluding carboxylic acids is 1. The first-order valence-corrected chi connectivity index (χ1v) is 6.77. The molecule has 1 amide bonds. The van der Waals surface area contributed by atoms with Gasteiger partial charge in [0.25, 0.3) is 5.91 Å². The second kappa shape index (κ2) is 6.06. The Bertz CT molecular complexity index is 507. The fourth-order valence-electron chi connectivity index (χ4n) is 2.05. The van der Waals surface area contributed by atoms with Crippen LogP contribution in [0.15, 0.2) is 27.8 Å². The number of piperidine rings is 1. The molecule has 1 aliphatic rings. The Morgan fingerprint density at radius 1 is 1.42 bits per heavy atom. The molecule has 102 valence electrons. The van der Waals surface area contributed by atoms with Crippen LogP contribution < -0.4 is 4.74 Å². The summed E-state index contributed by atoms with van der Waals surface area (Å²) in [5.41, 5.74) is 1.37. The van der Waals surface area contributed by atoms with E-state index in [-0.39, 0.29) is 5.91 Å². The van der Waals surface area contributed by atoms with Gasteiger partial charge >= 0.3 is 0 Å². The van der Waals surface area contributed by atoms with Crippen molar-refractivity contribution in [3.05, 3.63) is 28.2 Å². The molecule has 0 radical (unpaired) electrons. The van der Waals surface area contributed by atoms with Crippen molar-refractivity contribution in [2.24, 2.45) is 5.16 Å². The van der Waals surface area contributed by atoms with Gasteiger partial charge in [-0.05, 0) is 34.1 Å². The van der Waals surface area contributed by atoms with Gasteiger partial charge < -0.3 is 14.8 Å². The van der Waals surface area contributed by atoms with Crippen LogP contribution in [0, 0.1) is 0 Å². The molecule has 0 saturated carbocycles. The number of amides is 1. The number of rotatable bonds is 2. The Hall–Kier alpha value is -1.56. The number of oxime groups is 1. The Kier molecular flexibility index (Phi) is 4.42. The number of benzene rings is 1. The SMILES string of the molecule is COc1ccc(C(=O)N2CCC(=NO)CC2)cc1Br. The van der Waals surface area contributed by atoms with Crippen LogP contribution in [0.25, 0.3) is 0 Å². The smallest absolute Gasteiger partial charge is 0.253 e. The van der Waals surface area contributed by atoms with E-state index in [1.165, 1.54) is 0 Å². The Labute approximate surface area is 120 Å². The predicted molar refractivity (Wildman–Crippen MR) is 75.1 cm³/mol. The molecular weight excluding hydrogens is 312 g/mol. The summed E-state index contributed by atoms with van der Waals surface area (Å²) in [5.74, 6) is 0.685. The van der Waals surface area contributed by atoms with E-state index in [0.717, 1.165) is 10.2 Å². The largest absolute Gasteiger partial charge is 0.496 e. The van der Waals surface area contributed by atoms with Crippen LogP contribution in [-0.4, -0.2) is 41.9 Å².